The van der Waals surface area contributed by atoms with Crippen molar-refractivity contribution in [1.29, 1.82) is 5.26 Å². The van der Waals surface area contributed by atoms with Gasteiger partial charge in [-0.2, -0.15) is 5.26 Å². The van der Waals surface area contributed by atoms with E-state index >= 15 is 0 Å². The highest BCUT2D eigenvalue weighted by Gasteiger charge is 2.10. The normalized spacial score (nSPS) is 12.3. The van der Waals surface area contributed by atoms with E-state index in [0.717, 1.165) is 23.1 Å². The molecule has 2 aromatic carbocycles. The third kappa shape index (κ3) is 2.92. The molecule has 0 aliphatic rings. The smallest absolute Gasteiger partial charge is 0.127 e. The lowest BCUT2D eigenvalue weighted by Gasteiger charge is -2.23. The lowest BCUT2D eigenvalue weighted by molar-refractivity contribution is 0.180. The monoisotopic (exact) mass is 268 g/mol. The molecule has 1 atom stereocenters. The zero-order valence-electron chi connectivity index (χ0n) is 12.3. The van der Waals surface area contributed by atoms with E-state index in [0.29, 0.717) is 18.2 Å². The van der Waals surface area contributed by atoms with Gasteiger partial charge in [0.25, 0.3) is 0 Å². The van der Waals surface area contributed by atoms with Crippen LogP contribution in [0, 0.1) is 11.3 Å². The Bertz CT molecular complexity index is 630. The van der Waals surface area contributed by atoms with Crippen molar-refractivity contribution in [3.63, 3.8) is 0 Å². The molecular weight excluding hydrogens is 248 g/mol. The molecule has 0 spiro atoms. The highest BCUT2D eigenvalue weighted by molar-refractivity contribution is 5.92. The van der Waals surface area contributed by atoms with Gasteiger partial charge in [0.1, 0.15) is 12.4 Å². The minimum absolute atomic E-state index is 0.356. The fourth-order valence-electron chi connectivity index (χ4n) is 2.14. The van der Waals surface area contributed by atoms with Crippen molar-refractivity contribution in [2.45, 2.75) is 19.9 Å². The van der Waals surface area contributed by atoms with Crippen LogP contribution < -0.4 is 4.74 Å². The number of likely N-dealkylation sites (N-methyl/N-ethyl adjacent to an activating group) is 1. The summed E-state index contributed by atoms with van der Waals surface area (Å²) >= 11 is 0. The van der Waals surface area contributed by atoms with Gasteiger partial charge in [-0.05, 0) is 32.6 Å². The number of ether oxygens (including phenoxy) is 1. The van der Waals surface area contributed by atoms with Crippen LogP contribution in [0.2, 0.25) is 0 Å². The van der Waals surface area contributed by atoms with Gasteiger partial charge in [0, 0.05) is 16.8 Å². The van der Waals surface area contributed by atoms with Gasteiger partial charge < -0.3 is 9.64 Å². The summed E-state index contributed by atoms with van der Waals surface area (Å²) in [5.41, 5.74) is 0.687. The standard InChI is InChI=1S/C17H20N2O/c1-4-19(3)13(2)12-20-17-10-9-14(11-18)15-7-5-6-8-16(15)17/h5-10,13H,4,12H2,1-3H3/t13-/m1/s1. The lowest BCUT2D eigenvalue weighted by Crippen LogP contribution is -2.33. The number of nitriles is 1. The Morgan fingerprint density at radius 3 is 2.55 bits per heavy atom. The first-order valence-corrected chi connectivity index (χ1v) is 6.92. The molecule has 0 bridgehead atoms. The van der Waals surface area contributed by atoms with Gasteiger partial charge >= 0.3 is 0 Å². The number of fused-ring (bicyclic) bond motifs is 1. The SMILES string of the molecule is CCN(C)[C@H](C)COc1ccc(C#N)c2ccccc12. The molecule has 0 saturated heterocycles. The van der Waals surface area contributed by atoms with Crippen LogP contribution in [0.5, 0.6) is 5.75 Å². The second-order valence-corrected chi connectivity index (χ2v) is 5.00. The van der Waals surface area contributed by atoms with Crippen LogP contribution in [0.3, 0.4) is 0 Å². The summed E-state index contributed by atoms with van der Waals surface area (Å²) in [6.45, 7) is 5.92. The lowest BCUT2D eigenvalue weighted by atomic mass is 10.0. The maximum atomic E-state index is 9.15. The van der Waals surface area contributed by atoms with Crippen LogP contribution in [0.15, 0.2) is 36.4 Å². The molecular formula is C17H20N2O. The van der Waals surface area contributed by atoms with Gasteiger partial charge in [0.15, 0.2) is 0 Å². The van der Waals surface area contributed by atoms with Crippen LogP contribution >= 0.6 is 0 Å². The largest absolute Gasteiger partial charge is 0.491 e. The number of rotatable bonds is 5. The molecule has 0 aromatic heterocycles. The summed E-state index contributed by atoms with van der Waals surface area (Å²) in [4.78, 5) is 2.24. The van der Waals surface area contributed by atoms with Gasteiger partial charge in [-0.3, -0.25) is 0 Å². The van der Waals surface area contributed by atoms with E-state index < -0.39 is 0 Å². The highest BCUT2D eigenvalue weighted by atomic mass is 16.5. The van der Waals surface area contributed by atoms with Crippen molar-refractivity contribution in [1.82, 2.24) is 4.90 Å². The van der Waals surface area contributed by atoms with Gasteiger partial charge in [-0.1, -0.05) is 31.2 Å². The van der Waals surface area contributed by atoms with E-state index in [1.165, 1.54) is 0 Å². The Labute approximate surface area is 120 Å². The van der Waals surface area contributed by atoms with E-state index in [-0.39, 0.29) is 0 Å². The minimum atomic E-state index is 0.356. The number of hydrogen-bond donors (Lipinski definition) is 0. The second kappa shape index (κ2) is 6.40. The maximum absolute atomic E-state index is 9.15. The molecule has 0 N–H and O–H groups in total. The van der Waals surface area contributed by atoms with Crippen LogP contribution in [0.25, 0.3) is 10.8 Å². The quantitative estimate of drug-likeness (QED) is 0.833. The van der Waals surface area contributed by atoms with Crippen molar-refractivity contribution in [2.24, 2.45) is 0 Å². The minimum Gasteiger partial charge on any atom is -0.491 e. The molecule has 0 aliphatic carbocycles. The van der Waals surface area contributed by atoms with Crippen LogP contribution in [0.1, 0.15) is 19.4 Å². The molecule has 3 nitrogen and oxygen atoms in total. The summed E-state index contributed by atoms with van der Waals surface area (Å²) < 4.78 is 5.95. The van der Waals surface area contributed by atoms with Crippen molar-refractivity contribution in [3.05, 3.63) is 42.0 Å². The molecule has 0 heterocycles. The highest BCUT2D eigenvalue weighted by Crippen LogP contribution is 2.28. The van der Waals surface area contributed by atoms with Crippen molar-refractivity contribution in [2.75, 3.05) is 20.2 Å². The van der Waals surface area contributed by atoms with Crippen molar-refractivity contribution in [3.8, 4) is 11.8 Å². The summed E-state index contributed by atoms with van der Waals surface area (Å²) in [6, 6.07) is 14.2. The fourth-order valence-corrected chi connectivity index (χ4v) is 2.14. The van der Waals surface area contributed by atoms with Gasteiger partial charge in [-0.25, -0.2) is 0 Å². The third-order valence-corrected chi connectivity index (χ3v) is 3.74. The third-order valence-electron chi connectivity index (χ3n) is 3.74. The summed E-state index contributed by atoms with van der Waals surface area (Å²) in [5, 5.41) is 11.1. The Morgan fingerprint density at radius 2 is 1.90 bits per heavy atom. The average molecular weight is 268 g/mol. The maximum Gasteiger partial charge on any atom is 0.127 e. The van der Waals surface area contributed by atoms with E-state index in [2.05, 4.69) is 31.9 Å². The molecule has 20 heavy (non-hydrogen) atoms. The first-order chi connectivity index (χ1) is 9.67. The molecule has 0 fully saturated rings. The Hall–Kier alpha value is -2.05. The first-order valence-electron chi connectivity index (χ1n) is 6.92. The summed E-state index contributed by atoms with van der Waals surface area (Å²) in [7, 11) is 2.09. The summed E-state index contributed by atoms with van der Waals surface area (Å²) in [6.07, 6.45) is 0. The second-order valence-electron chi connectivity index (χ2n) is 5.00. The van der Waals surface area contributed by atoms with Gasteiger partial charge in [0.05, 0.1) is 11.6 Å². The van der Waals surface area contributed by atoms with Gasteiger partial charge in [0.2, 0.25) is 0 Å². The van der Waals surface area contributed by atoms with E-state index in [9.17, 15) is 0 Å². The van der Waals surface area contributed by atoms with Crippen LogP contribution in [0.4, 0.5) is 0 Å². The zero-order chi connectivity index (χ0) is 14.5. The molecule has 0 amide bonds. The molecule has 0 aliphatic heterocycles. The Balaban J connectivity index is 2.26. The van der Waals surface area contributed by atoms with E-state index in [4.69, 9.17) is 10.00 Å². The molecule has 3 heteroatoms. The Kier molecular flexibility index (Phi) is 4.60. The molecule has 2 rings (SSSR count). The number of benzene rings is 2. The molecule has 0 saturated carbocycles. The van der Waals surface area contributed by atoms with Crippen molar-refractivity contribution >= 4 is 10.8 Å². The molecule has 104 valence electrons. The summed E-state index contributed by atoms with van der Waals surface area (Å²) in [5.74, 6) is 0.843. The fraction of sp³-hybridized carbons (Fsp3) is 0.353. The number of hydrogen-bond acceptors (Lipinski definition) is 3. The predicted molar refractivity (Wildman–Crippen MR) is 81.9 cm³/mol. The van der Waals surface area contributed by atoms with Crippen molar-refractivity contribution < 1.29 is 4.74 Å². The predicted octanol–water partition coefficient (Wildman–Crippen LogP) is 3.43. The van der Waals surface area contributed by atoms with E-state index in [1.54, 1.807) is 0 Å². The Morgan fingerprint density at radius 1 is 1.20 bits per heavy atom. The molecule has 2 aromatic rings. The molecule has 0 unspecified atom stereocenters. The molecule has 0 radical (unpaired) electrons. The van der Waals surface area contributed by atoms with E-state index in [1.807, 2.05) is 36.4 Å². The average Bonchev–Trinajstić information content (AvgIpc) is 2.51. The van der Waals surface area contributed by atoms with Crippen LogP contribution in [-0.4, -0.2) is 31.1 Å². The first kappa shape index (κ1) is 14.4. The van der Waals surface area contributed by atoms with Gasteiger partial charge in [-0.15, -0.1) is 0 Å². The topological polar surface area (TPSA) is 36.3 Å². The zero-order valence-corrected chi connectivity index (χ0v) is 12.3. The number of nitrogens with zero attached hydrogens (tertiary/aromatic N) is 2. The van der Waals surface area contributed by atoms with Crippen LogP contribution in [-0.2, 0) is 0 Å².